The van der Waals surface area contributed by atoms with Crippen molar-refractivity contribution in [2.75, 3.05) is 7.11 Å². The van der Waals surface area contributed by atoms with E-state index in [9.17, 15) is 9.59 Å². The van der Waals surface area contributed by atoms with Gasteiger partial charge in [-0.1, -0.05) is 60.7 Å². The molecule has 0 aliphatic rings. The number of benzene rings is 3. The predicted octanol–water partition coefficient (Wildman–Crippen LogP) is 4.33. The lowest BCUT2D eigenvalue weighted by atomic mass is 10.0. The Kier molecular flexibility index (Phi) is 6.95. The molecule has 0 saturated heterocycles. The number of hydrogen-bond donors (Lipinski definition) is 1. The van der Waals surface area contributed by atoms with E-state index < -0.39 is 12.0 Å². The smallest absolute Gasteiger partial charge is 0.328 e. The second-order valence-corrected chi connectivity index (χ2v) is 7.55. The van der Waals surface area contributed by atoms with Crippen molar-refractivity contribution in [3.05, 3.63) is 108 Å². The molecule has 0 spiro atoms. The maximum Gasteiger partial charge on any atom is 0.328 e. The van der Waals surface area contributed by atoms with Crippen molar-refractivity contribution in [2.45, 2.75) is 19.1 Å². The molecule has 0 unspecified atom stereocenters. The maximum absolute atomic E-state index is 13.0. The Morgan fingerprint density at radius 2 is 1.67 bits per heavy atom. The van der Waals surface area contributed by atoms with Crippen LogP contribution >= 0.6 is 0 Å². The summed E-state index contributed by atoms with van der Waals surface area (Å²) in [6.07, 6.45) is 1.85. The third kappa shape index (κ3) is 5.54. The van der Waals surface area contributed by atoms with Gasteiger partial charge in [0.2, 0.25) is 0 Å². The molecular formula is C27H24N2O4. The minimum Gasteiger partial charge on any atom is -0.489 e. The van der Waals surface area contributed by atoms with Crippen LogP contribution in [0, 0.1) is 0 Å². The number of carbonyl (C=O) groups excluding carboxylic acids is 2. The van der Waals surface area contributed by atoms with Crippen LogP contribution < -0.4 is 10.1 Å². The zero-order valence-electron chi connectivity index (χ0n) is 18.2. The van der Waals surface area contributed by atoms with Gasteiger partial charge in [0.1, 0.15) is 18.4 Å². The SMILES string of the molecule is COC(=O)[C@@H](Cc1cccc(OCc2ccccc2)c1)NC(=O)c1ccnc2ccccc12. The maximum atomic E-state index is 13.0. The average Bonchev–Trinajstić information content (AvgIpc) is 2.87. The number of amides is 1. The van der Waals surface area contributed by atoms with E-state index in [0.717, 1.165) is 16.5 Å². The van der Waals surface area contributed by atoms with Crippen LogP contribution in [0.15, 0.2) is 91.1 Å². The van der Waals surface area contributed by atoms with Gasteiger partial charge in [0, 0.05) is 18.0 Å². The second kappa shape index (κ2) is 10.4. The summed E-state index contributed by atoms with van der Waals surface area (Å²) in [6.45, 7) is 0.441. The van der Waals surface area contributed by atoms with Crippen molar-refractivity contribution in [3.8, 4) is 5.75 Å². The molecule has 0 radical (unpaired) electrons. The number of rotatable bonds is 8. The normalized spacial score (nSPS) is 11.5. The van der Waals surface area contributed by atoms with Crippen molar-refractivity contribution < 1.29 is 19.1 Å². The van der Waals surface area contributed by atoms with Crippen LogP contribution in [0.2, 0.25) is 0 Å². The van der Waals surface area contributed by atoms with Gasteiger partial charge < -0.3 is 14.8 Å². The van der Waals surface area contributed by atoms with Gasteiger partial charge >= 0.3 is 5.97 Å². The summed E-state index contributed by atoms with van der Waals surface area (Å²) in [5.74, 6) is -0.191. The fraction of sp³-hybridized carbons (Fsp3) is 0.148. The van der Waals surface area contributed by atoms with Crippen molar-refractivity contribution in [2.24, 2.45) is 0 Å². The molecule has 1 heterocycles. The van der Waals surface area contributed by atoms with Crippen LogP contribution in [0.4, 0.5) is 0 Å². The fourth-order valence-corrected chi connectivity index (χ4v) is 3.60. The van der Waals surface area contributed by atoms with E-state index in [1.165, 1.54) is 7.11 Å². The second-order valence-electron chi connectivity index (χ2n) is 7.55. The molecule has 4 rings (SSSR count). The van der Waals surface area contributed by atoms with E-state index in [1.807, 2.05) is 78.9 Å². The third-order valence-electron chi connectivity index (χ3n) is 5.27. The summed E-state index contributed by atoms with van der Waals surface area (Å²) in [4.78, 5) is 29.8. The Balaban J connectivity index is 1.49. The molecule has 6 heteroatoms. The van der Waals surface area contributed by atoms with Gasteiger partial charge in [-0.2, -0.15) is 0 Å². The first-order valence-electron chi connectivity index (χ1n) is 10.6. The van der Waals surface area contributed by atoms with E-state index in [4.69, 9.17) is 9.47 Å². The Labute approximate surface area is 192 Å². The van der Waals surface area contributed by atoms with Crippen LogP contribution in [0.25, 0.3) is 10.9 Å². The Morgan fingerprint density at radius 3 is 2.48 bits per heavy atom. The van der Waals surface area contributed by atoms with Gasteiger partial charge in [-0.15, -0.1) is 0 Å². The highest BCUT2D eigenvalue weighted by molar-refractivity contribution is 6.07. The molecule has 1 N–H and O–H groups in total. The summed E-state index contributed by atoms with van der Waals surface area (Å²) in [7, 11) is 1.31. The molecular weight excluding hydrogens is 416 g/mol. The minimum atomic E-state index is -0.848. The quantitative estimate of drug-likeness (QED) is 0.413. The van der Waals surface area contributed by atoms with Gasteiger partial charge in [-0.05, 0) is 35.4 Å². The number of methoxy groups -OCH3 is 1. The highest BCUT2D eigenvalue weighted by atomic mass is 16.5. The van der Waals surface area contributed by atoms with Crippen LogP contribution in [-0.2, 0) is 22.6 Å². The Hall–Kier alpha value is -4.19. The van der Waals surface area contributed by atoms with Crippen molar-refractivity contribution in [3.63, 3.8) is 0 Å². The fourth-order valence-electron chi connectivity index (χ4n) is 3.60. The first-order chi connectivity index (χ1) is 16.1. The number of carbonyl (C=O) groups is 2. The lowest BCUT2D eigenvalue weighted by molar-refractivity contribution is -0.142. The number of para-hydroxylation sites is 1. The average molecular weight is 440 g/mol. The summed E-state index contributed by atoms with van der Waals surface area (Å²) < 4.78 is 10.8. The molecule has 6 nitrogen and oxygen atoms in total. The first-order valence-corrected chi connectivity index (χ1v) is 10.6. The number of nitrogens with one attached hydrogen (secondary N) is 1. The lowest BCUT2D eigenvalue weighted by Gasteiger charge is -2.18. The summed E-state index contributed by atoms with van der Waals surface area (Å²) in [5.41, 5.74) is 3.07. The van der Waals surface area contributed by atoms with Crippen molar-refractivity contribution >= 4 is 22.8 Å². The summed E-state index contributed by atoms with van der Waals surface area (Å²) in [5, 5.41) is 3.54. The van der Waals surface area contributed by atoms with E-state index in [2.05, 4.69) is 10.3 Å². The van der Waals surface area contributed by atoms with Crippen LogP contribution in [0.5, 0.6) is 5.75 Å². The number of fused-ring (bicyclic) bond motifs is 1. The number of hydrogen-bond acceptors (Lipinski definition) is 5. The largest absolute Gasteiger partial charge is 0.489 e. The molecule has 33 heavy (non-hydrogen) atoms. The number of pyridine rings is 1. The number of nitrogens with zero attached hydrogens (tertiary/aromatic N) is 1. The van der Waals surface area contributed by atoms with Gasteiger partial charge in [0.05, 0.1) is 18.2 Å². The van der Waals surface area contributed by atoms with Crippen LogP contribution in [0.1, 0.15) is 21.5 Å². The first kappa shape index (κ1) is 22.0. The van der Waals surface area contributed by atoms with Gasteiger partial charge in [-0.25, -0.2) is 4.79 Å². The number of ether oxygens (including phenoxy) is 2. The van der Waals surface area contributed by atoms with E-state index in [0.29, 0.717) is 23.4 Å². The molecule has 1 aromatic heterocycles. The summed E-state index contributed by atoms with van der Waals surface area (Å²) in [6, 6.07) is 25.5. The van der Waals surface area contributed by atoms with Crippen molar-refractivity contribution in [1.82, 2.24) is 10.3 Å². The molecule has 0 aliphatic carbocycles. The Morgan fingerprint density at radius 1 is 0.909 bits per heavy atom. The number of esters is 1. The zero-order valence-corrected chi connectivity index (χ0v) is 18.2. The summed E-state index contributed by atoms with van der Waals surface area (Å²) >= 11 is 0. The molecule has 3 aromatic carbocycles. The Bertz CT molecular complexity index is 1250. The highest BCUT2D eigenvalue weighted by Gasteiger charge is 2.23. The molecule has 166 valence electrons. The predicted molar refractivity (Wildman–Crippen MR) is 126 cm³/mol. The molecule has 1 atom stereocenters. The standard InChI is InChI=1S/C27H24N2O4/c1-32-27(31)25(29-26(30)23-14-15-28-24-13-6-5-12-22(23)24)17-20-10-7-11-21(16-20)33-18-19-8-3-2-4-9-19/h2-16,25H,17-18H2,1H3,(H,29,30)/t25-/m1/s1. The minimum absolute atomic E-state index is 0.268. The lowest BCUT2D eigenvalue weighted by Crippen LogP contribution is -2.43. The monoisotopic (exact) mass is 440 g/mol. The molecule has 0 bridgehead atoms. The van der Waals surface area contributed by atoms with Crippen LogP contribution in [0.3, 0.4) is 0 Å². The molecule has 1 amide bonds. The molecule has 0 saturated carbocycles. The molecule has 0 aliphatic heterocycles. The van der Waals surface area contributed by atoms with E-state index >= 15 is 0 Å². The van der Waals surface area contributed by atoms with Gasteiger partial charge in [0.15, 0.2) is 0 Å². The zero-order chi connectivity index (χ0) is 23.0. The number of aromatic nitrogens is 1. The van der Waals surface area contributed by atoms with Gasteiger partial charge in [0.25, 0.3) is 5.91 Å². The third-order valence-corrected chi connectivity index (χ3v) is 5.27. The molecule has 4 aromatic rings. The van der Waals surface area contributed by atoms with Gasteiger partial charge in [-0.3, -0.25) is 9.78 Å². The van der Waals surface area contributed by atoms with E-state index in [1.54, 1.807) is 12.3 Å². The van der Waals surface area contributed by atoms with E-state index in [-0.39, 0.29) is 12.3 Å². The van der Waals surface area contributed by atoms with Crippen LogP contribution in [-0.4, -0.2) is 30.0 Å². The molecule has 0 fully saturated rings. The highest BCUT2D eigenvalue weighted by Crippen LogP contribution is 2.19. The topological polar surface area (TPSA) is 77.5 Å². The van der Waals surface area contributed by atoms with Crippen molar-refractivity contribution in [1.29, 1.82) is 0 Å².